The third-order valence-corrected chi connectivity index (χ3v) is 3.75. The second-order valence-corrected chi connectivity index (χ2v) is 5.07. The molecule has 0 amide bonds. The van der Waals surface area contributed by atoms with Gasteiger partial charge in [0.2, 0.25) is 0 Å². The average Bonchev–Trinajstić information content (AvgIpc) is 2.27. The van der Waals surface area contributed by atoms with Gasteiger partial charge in [0.1, 0.15) is 0 Å². The van der Waals surface area contributed by atoms with E-state index in [1.54, 1.807) is 0 Å². The summed E-state index contributed by atoms with van der Waals surface area (Å²) in [5, 5.41) is 4.30. The van der Waals surface area contributed by atoms with Gasteiger partial charge in [0.25, 0.3) is 0 Å². The molecule has 2 nitrogen and oxygen atoms in total. The Labute approximate surface area is 102 Å². The van der Waals surface area contributed by atoms with Gasteiger partial charge in [0.15, 0.2) is 0 Å². The molecule has 2 atom stereocenters. The molecule has 1 aliphatic carbocycles. The quantitative estimate of drug-likeness (QED) is 0.830. The van der Waals surface area contributed by atoms with Gasteiger partial charge in [-0.3, -0.25) is 0 Å². The van der Waals surface area contributed by atoms with Crippen LogP contribution in [0, 0.1) is 6.92 Å². The van der Waals surface area contributed by atoms with Gasteiger partial charge in [-0.15, -0.1) is 0 Å². The lowest BCUT2D eigenvalue weighted by atomic mass is 9.91. The van der Waals surface area contributed by atoms with Gasteiger partial charge in [-0.25, -0.2) is 0 Å². The predicted octanol–water partition coefficient (Wildman–Crippen LogP) is 3.33. The number of hydrogen-bond donors (Lipinski definition) is 2. The largest absolute Gasteiger partial charge is 0.381 e. The molecule has 3 heteroatoms. The highest BCUT2D eigenvalue weighted by molar-refractivity contribution is 6.31. The molecule has 0 spiro atoms. The number of rotatable bonds is 2. The number of benzene rings is 1. The Hall–Kier alpha value is -0.730. The Balaban J connectivity index is 2.05. The van der Waals surface area contributed by atoms with E-state index in [0.717, 1.165) is 29.1 Å². The van der Waals surface area contributed by atoms with E-state index < -0.39 is 0 Å². The van der Waals surface area contributed by atoms with Crippen LogP contribution in [0.2, 0.25) is 5.02 Å². The summed E-state index contributed by atoms with van der Waals surface area (Å²) in [5.41, 5.74) is 8.29. The summed E-state index contributed by atoms with van der Waals surface area (Å²) in [6, 6.07) is 6.76. The van der Waals surface area contributed by atoms with Gasteiger partial charge in [-0.1, -0.05) is 30.5 Å². The number of halogens is 1. The smallest absolute Gasteiger partial charge is 0.0455 e. The summed E-state index contributed by atoms with van der Waals surface area (Å²) in [6.45, 7) is 2.01. The van der Waals surface area contributed by atoms with Crippen LogP contribution >= 0.6 is 11.6 Å². The van der Waals surface area contributed by atoms with Crippen molar-refractivity contribution in [3.05, 3.63) is 28.8 Å². The molecule has 88 valence electrons. The Morgan fingerprint density at radius 1 is 1.31 bits per heavy atom. The maximum absolute atomic E-state index is 6.10. The number of nitrogens with two attached hydrogens (primary N) is 1. The normalized spacial score (nSPS) is 25.4. The number of nitrogens with one attached hydrogen (secondary N) is 1. The molecule has 0 saturated heterocycles. The maximum Gasteiger partial charge on any atom is 0.0455 e. The van der Waals surface area contributed by atoms with Crippen LogP contribution in [0.1, 0.15) is 31.2 Å². The van der Waals surface area contributed by atoms with Crippen LogP contribution in [-0.4, -0.2) is 12.1 Å². The molecule has 0 aromatic heterocycles. The van der Waals surface area contributed by atoms with Crippen molar-refractivity contribution in [1.82, 2.24) is 0 Å². The van der Waals surface area contributed by atoms with Gasteiger partial charge in [0, 0.05) is 22.8 Å². The minimum Gasteiger partial charge on any atom is -0.381 e. The van der Waals surface area contributed by atoms with Crippen LogP contribution in [0.15, 0.2) is 18.2 Å². The monoisotopic (exact) mass is 238 g/mol. The highest BCUT2D eigenvalue weighted by Crippen LogP contribution is 2.24. The zero-order valence-electron chi connectivity index (χ0n) is 9.67. The first kappa shape index (κ1) is 11.7. The summed E-state index contributed by atoms with van der Waals surface area (Å²) in [7, 11) is 0. The summed E-state index contributed by atoms with van der Waals surface area (Å²) < 4.78 is 0. The molecule has 2 unspecified atom stereocenters. The molecule has 0 aliphatic heterocycles. The van der Waals surface area contributed by atoms with Gasteiger partial charge in [0.05, 0.1) is 0 Å². The number of hydrogen-bond acceptors (Lipinski definition) is 2. The molecule has 1 fully saturated rings. The lowest BCUT2D eigenvalue weighted by molar-refractivity contribution is 0.404. The first-order valence-corrected chi connectivity index (χ1v) is 6.33. The number of anilines is 1. The topological polar surface area (TPSA) is 38.0 Å². The molecule has 1 saturated carbocycles. The number of aryl methyl sites for hydroxylation is 1. The third-order valence-electron chi connectivity index (χ3n) is 3.34. The molecule has 0 heterocycles. The summed E-state index contributed by atoms with van der Waals surface area (Å²) >= 11 is 6.10. The molecule has 0 radical (unpaired) electrons. The highest BCUT2D eigenvalue weighted by Gasteiger charge is 2.21. The molecule has 1 aliphatic rings. The average molecular weight is 239 g/mol. The lowest BCUT2D eigenvalue weighted by Crippen LogP contribution is -2.42. The van der Waals surface area contributed by atoms with Crippen molar-refractivity contribution in [2.45, 2.75) is 44.7 Å². The highest BCUT2D eigenvalue weighted by atomic mass is 35.5. The summed E-state index contributed by atoms with van der Waals surface area (Å²) in [6.07, 6.45) is 4.81. The van der Waals surface area contributed by atoms with Crippen LogP contribution < -0.4 is 11.1 Å². The maximum atomic E-state index is 6.10. The van der Waals surface area contributed by atoms with E-state index in [1.807, 2.05) is 19.1 Å². The molecular weight excluding hydrogens is 220 g/mol. The molecule has 0 bridgehead atoms. The van der Waals surface area contributed by atoms with Crippen LogP contribution in [0.4, 0.5) is 5.69 Å². The van der Waals surface area contributed by atoms with E-state index in [4.69, 9.17) is 17.3 Å². The first-order valence-electron chi connectivity index (χ1n) is 5.95. The van der Waals surface area contributed by atoms with Gasteiger partial charge in [-0.2, -0.15) is 0 Å². The summed E-state index contributed by atoms with van der Waals surface area (Å²) in [4.78, 5) is 0. The molecule has 2 rings (SSSR count). The van der Waals surface area contributed by atoms with Gasteiger partial charge < -0.3 is 11.1 Å². The van der Waals surface area contributed by atoms with Crippen LogP contribution in [0.25, 0.3) is 0 Å². The van der Waals surface area contributed by atoms with Crippen molar-refractivity contribution in [3.63, 3.8) is 0 Å². The van der Waals surface area contributed by atoms with Gasteiger partial charge >= 0.3 is 0 Å². The van der Waals surface area contributed by atoms with Crippen LogP contribution in [0.3, 0.4) is 0 Å². The molecular formula is C13H19ClN2. The molecule has 16 heavy (non-hydrogen) atoms. The van der Waals surface area contributed by atoms with Crippen molar-refractivity contribution in [1.29, 1.82) is 0 Å². The predicted molar refractivity (Wildman–Crippen MR) is 70.0 cm³/mol. The zero-order valence-corrected chi connectivity index (χ0v) is 10.4. The second kappa shape index (κ2) is 5.07. The van der Waals surface area contributed by atoms with Crippen molar-refractivity contribution in [3.8, 4) is 0 Å². The van der Waals surface area contributed by atoms with Crippen molar-refractivity contribution < 1.29 is 0 Å². The van der Waals surface area contributed by atoms with E-state index in [2.05, 4.69) is 11.4 Å². The summed E-state index contributed by atoms with van der Waals surface area (Å²) in [5.74, 6) is 0. The minimum atomic E-state index is 0.272. The van der Waals surface area contributed by atoms with Crippen molar-refractivity contribution >= 4 is 17.3 Å². The van der Waals surface area contributed by atoms with E-state index in [-0.39, 0.29) is 6.04 Å². The van der Waals surface area contributed by atoms with Gasteiger partial charge in [-0.05, 0) is 37.5 Å². The fourth-order valence-corrected chi connectivity index (χ4v) is 2.42. The SMILES string of the molecule is Cc1ccc(NC2CCCCC2N)cc1Cl. The standard InChI is InChI=1S/C13H19ClN2/c1-9-6-7-10(8-11(9)14)16-13-5-3-2-4-12(13)15/h6-8,12-13,16H,2-5,15H2,1H3. The van der Waals surface area contributed by atoms with Crippen LogP contribution in [-0.2, 0) is 0 Å². The minimum absolute atomic E-state index is 0.272. The van der Waals surface area contributed by atoms with Crippen molar-refractivity contribution in [2.75, 3.05) is 5.32 Å². The van der Waals surface area contributed by atoms with E-state index in [0.29, 0.717) is 6.04 Å². The Kier molecular flexibility index (Phi) is 3.72. The fraction of sp³-hybridized carbons (Fsp3) is 0.538. The lowest BCUT2D eigenvalue weighted by Gasteiger charge is -2.30. The Morgan fingerprint density at radius 3 is 2.75 bits per heavy atom. The molecule has 1 aromatic carbocycles. The molecule has 1 aromatic rings. The zero-order chi connectivity index (χ0) is 11.5. The second-order valence-electron chi connectivity index (χ2n) is 4.66. The van der Waals surface area contributed by atoms with Crippen LogP contribution in [0.5, 0.6) is 0 Å². The Bertz CT molecular complexity index is 365. The van der Waals surface area contributed by atoms with E-state index in [9.17, 15) is 0 Å². The third kappa shape index (κ3) is 2.69. The van der Waals surface area contributed by atoms with Crippen molar-refractivity contribution in [2.24, 2.45) is 5.73 Å². The van der Waals surface area contributed by atoms with E-state index in [1.165, 1.54) is 12.8 Å². The Morgan fingerprint density at radius 2 is 2.06 bits per heavy atom. The van der Waals surface area contributed by atoms with E-state index >= 15 is 0 Å². The fourth-order valence-electron chi connectivity index (χ4n) is 2.24. The first-order chi connectivity index (χ1) is 7.66. The molecule has 3 N–H and O–H groups in total.